The van der Waals surface area contributed by atoms with Gasteiger partial charge < -0.3 is 9.94 Å². The summed E-state index contributed by atoms with van der Waals surface area (Å²) in [6, 6.07) is 4.36. The zero-order valence-corrected chi connectivity index (χ0v) is 10.0. The molecule has 0 spiro atoms. The third kappa shape index (κ3) is 4.99. The average Bonchev–Trinajstić information content (AvgIpc) is 2.33. The summed E-state index contributed by atoms with van der Waals surface area (Å²) in [6.07, 6.45) is -3.15. The van der Waals surface area contributed by atoms with Crippen molar-refractivity contribution in [3.8, 4) is 0 Å². The molecule has 0 heterocycles. The molecule has 0 aliphatic rings. The molecule has 0 aliphatic heterocycles. The number of rotatable bonds is 5. The van der Waals surface area contributed by atoms with Gasteiger partial charge in [-0.1, -0.05) is 17.3 Å². The van der Waals surface area contributed by atoms with E-state index in [-0.39, 0.29) is 6.61 Å². The lowest BCUT2D eigenvalue weighted by molar-refractivity contribution is -0.143. The highest BCUT2D eigenvalue weighted by Gasteiger charge is 2.29. The molecule has 1 atom stereocenters. The number of halogens is 3. The van der Waals surface area contributed by atoms with E-state index < -0.39 is 23.6 Å². The lowest BCUT2D eigenvalue weighted by Crippen LogP contribution is -2.14. The van der Waals surface area contributed by atoms with E-state index in [9.17, 15) is 18.0 Å². The number of alkyl halides is 3. The van der Waals surface area contributed by atoms with Gasteiger partial charge in [-0.05, 0) is 24.6 Å². The Morgan fingerprint density at radius 3 is 2.47 bits per heavy atom. The standard InChI is InChI=1S/C12H12F3NO3/c1-8(11(17)18)7-19-16-6-9-2-4-10(5-3-9)12(13,14)15/h2-6,8H,7H2,1H3,(H,17,18)/b16-6+/t8-/m1/s1. The van der Waals surface area contributed by atoms with E-state index in [1.54, 1.807) is 0 Å². The van der Waals surface area contributed by atoms with Crippen LogP contribution in [0.25, 0.3) is 0 Å². The summed E-state index contributed by atoms with van der Waals surface area (Å²) in [4.78, 5) is 15.2. The topological polar surface area (TPSA) is 58.9 Å². The minimum absolute atomic E-state index is 0.105. The number of hydrogen-bond donors (Lipinski definition) is 1. The molecule has 0 saturated carbocycles. The SMILES string of the molecule is C[C@H](CO/N=C/c1ccc(C(F)(F)F)cc1)C(=O)O. The summed E-state index contributed by atoms with van der Waals surface area (Å²) in [6.45, 7) is 1.35. The van der Waals surface area contributed by atoms with E-state index in [2.05, 4.69) is 5.16 Å². The van der Waals surface area contributed by atoms with E-state index in [0.29, 0.717) is 5.56 Å². The van der Waals surface area contributed by atoms with E-state index in [4.69, 9.17) is 9.94 Å². The van der Waals surface area contributed by atoms with Crippen molar-refractivity contribution in [1.29, 1.82) is 0 Å². The van der Waals surface area contributed by atoms with Gasteiger partial charge >= 0.3 is 12.1 Å². The normalized spacial score (nSPS) is 13.5. The van der Waals surface area contributed by atoms with Crippen LogP contribution in [0.3, 0.4) is 0 Å². The first-order valence-electron chi connectivity index (χ1n) is 5.36. The van der Waals surface area contributed by atoms with Gasteiger partial charge in [-0.25, -0.2) is 0 Å². The third-order valence-electron chi connectivity index (χ3n) is 2.26. The first kappa shape index (κ1) is 15.0. The smallest absolute Gasteiger partial charge is 0.416 e. The number of hydrogen-bond acceptors (Lipinski definition) is 3. The summed E-state index contributed by atoms with van der Waals surface area (Å²) < 4.78 is 36.8. The maximum absolute atomic E-state index is 12.3. The van der Waals surface area contributed by atoms with Crippen molar-refractivity contribution >= 4 is 12.2 Å². The molecule has 1 N–H and O–H groups in total. The van der Waals surface area contributed by atoms with Gasteiger partial charge in [-0.15, -0.1) is 0 Å². The molecule has 1 rings (SSSR count). The van der Waals surface area contributed by atoms with E-state index in [1.807, 2.05) is 0 Å². The second kappa shape index (κ2) is 6.21. The van der Waals surface area contributed by atoms with E-state index >= 15 is 0 Å². The molecule has 0 saturated heterocycles. The molecule has 0 radical (unpaired) electrons. The molecule has 1 aromatic carbocycles. The zero-order chi connectivity index (χ0) is 14.5. The number of carboxylic acids is 1. The molecule has 0 aromatic heterocycles. The van der Waals surface area contributed by atoms with Gasteiger partial charge in [0.25, 0.3) is 0 Å². The van der Waals surface area contributed by atoms with Crippen LogP contribution >= 0.6 is 0 Å². The molecule has 0 amide bonds. The van der Waals surface area contributed by atoms with Gasteiger partial charge in [-0.2, -0.15) is 13.2 Å². The maximum atomic E-state index is 12.3. The molecular formula is C12H12F3NO3. The van der Waals surface area contributed by atoms with Crippen molar-refractivity contribution in [1.82, 2.24) is 0 Å². The molecule has 19 heavy (non-hydrogen) atoms. The predicted molar refractivity (Wildman–Crippen MR) is 61.8 cm³/mol. The van der Waals surface area contributed by atoms with E-state index in [0.717, 1.165) is 12.1 Å². The highest BCUT2D eigenvalue weighted by Crippen LogP contribution is 2.28. The monoisotopic (exact) mass is 275 g/mol. The van der Waals surface area contributed by atoms with Crippen molar-refractivity contribution in [2.24, 2.45) is 11.1 Å². The fourth-order valence-electron chi connectivity index (χ4n) is 1.08. The molecule has 104 valence electrons. The number of carboxylic acid groups (broad SMARTS) is 1. The van der Waals surface area contributed by atoms with Crippen LogP contribution in [0.15, 0.2) is 29.4 Å². The van der Waals surface area contributed by atoms with Gasteiger partial charge in [0.1, 0.15) is 6.61 Å². The third-order valence-corrected chi connectivity index (χ3v) is 2.26. The van der Waals surface area contributed by atoms with Crippen molar-refractivity contribution < 1.29 is 27.9 Å². The number of oxime groups is 1. The first-order valence-corrected chi connectivity index (χ1v) is 5.36. The second-order valence-electron chi connectivity index (χ2n) is 3.89. The summed E-state index contributed by atoms with van der Waals surface area (Å²) in [5.41, 5.74) is -0.318. The summed E-state index contributed by atoms with van der Waals surface area (Å²) in [5.74, 6) is -1.71. The Labute approximate surface area is 107 Å². The Balaban J connectivity index is 2.52. The lowest BCUT2D eigenvalue weighted by atomic mass is 10.1. The van der Waals surface area contributed by atoms with Crippen molar-refractivity contribution in [2.45, 2.75) is 13.1 Å². The molecule has 0 aliphatic carbocycles. The highest BCUT2D eigenvalue weighted by atomic mass is 19.4. The molecule has 0 fully saturated rings. The summed E-state index contributed by atoms with van der Waals surface area (Å²) >= 11 is 0. The van der Waals surface area contributed by atoms with Gasteiger partial charge in [0, 0.05) is 0 Å². The Hall–Kier alpha value is -2.05. The fraction of sp³-hybridized carbons (Fsp3) is 0.333. The van der Waals surface area contributed by atoms with Crippen LogP contribution in [0.5, 0.6) is 0 Å². The molecule has 4 nitrogen and oxygen atoms in total. The number of nitrogens with zero attached hydrogens (tertiary/aromatic N) is 1. The first-order chi connectivity index (χ1) is 8.80. The zero-order valence-electron chi connectivity index (χ0n) is 10.0. The van der Waals surface area contributed by atoms with Gasteiger partial charge in [0.15, 0.2) is 0 Å². The summed E-state index contributed by atoms with van der Waals surface area (Å²) in [5, 5.41) is 12.1. The van der Waals surface area contributed by atoms with Crippen molar-refractivity contribution in [3.05, 3.63) is 35.4 Å². The minimum Gasteiger partial charge on any atom is -0.481 e. The van der Waals surface area contributed by atoms with Crippen LogP contribution in [-0.4, -0.2) is 23.9 Å². The van der Waals surface area contributed by atoms with Gasteiger partial charge in [-0.3, -0.25) is 4.79 Å². The maximum Gasteiger partial charge on any atom is 0.416 e. The number of benzene rings is 1. The molecule has 7 heteroatoms. The predicted octanol–water partition coefficient (Wildman–Crippen LogP) is 2.78. The largest absolute Gasteiger partial charge is 0.481 e. The number of carbonyl (C=O) groups is 1. The quantitative estimate of drug-likeness (QED) is 0.664. The van der Waals surface area contributed by atoms with Gasteiger partial charge in [0.05, 0.1) is 17.7 Å². The lowest BCUT2D eigenvalue weighted by Gasteiger charge is -2.06. The molecular weight excluding hydrogens is 263 g/mol. The van der Waals surface area contributed by atoms with Crippen LogP contribution in [0.1, 0.15) is 18.1 Å². The van der Waals surface area contributed by atoms with Crippen molar-refractivity contribution in [3.63, 3.8) is 0 Å². The Kier molecular flexibility index (Phi) is 4.91. The number of aliphatic carboxylic acids is 1. The van der Waals surface area contributed by atoms with Crippen LogP contribution < -0.4 is 0 Å². The highest BCUT2D eigenvalue weighted by molar-refractivity contribution is 5.79. The Bertz CT molecular complexity index is 454. The second-order valence-corrected chi connectivity index (χ2v) is 3.89. The van der Waals surface area contributed by atoms with Crippen LogP contribution in [0.2, 0.25) is 0 Å². The van der Waals surface area contributed by atoms with Crippen LogP contribution in [-0.2, 0) is 15.8 Å². The minimum atomic E-state index is -4.37. The van der Waals surface area contributed by atoms with E-state index in [1.165, 1.54) is 25.3 Å². The Morgan fingerprint density at radius 1 is 1.42 bits per heavy atom. The average molecular weight is 275 g/mol. The van der Waals surface area contributed by atoms with Crippen LogP contribution in [0, 0.1) is 5.92 Å². The molecule has 1 aromatic rings. The summed E-state index contributed by atoms with van der Waals surface area (Å²) in [7, 11) is 0. The van der Waals surface area contributed by atoms with Crippen LogP contribution in [0.4, 0.5) is 13.2 Å². The fourth-order valence-corrected chi connectivity index (χ4v) is 1.08. The Morgan fingerprint density at radius 2 is 2.00 bits per heavy atom. The van der Waals surface area contributed by atoms with Crippen molar-refractivity contribution in [2.75, 3.05) is 6.61 Å². The molecule has 0 unspecified atom stereocenters. The molecule has 0 bridgehead atoms. The van der Waals surface area contributed by atoms with Gasteiger partial charge in [0.2, 0.25) is 0 Å².